The van der Waals surface area contributed by atoms with Gasteiger partial charge in [0.25, 0.3) is 11.8 Å². The average molecular weight is 203 g/mol. The Balaban J connectivity index is 2.49. The van der Waals surface area contributed by atoms with Crippen molar-refractivity contribution < 1.29 is 9.59 Å². The van der Waals surface area contributed by atoms with Crippen molar-refractivity contribution in [3.63, 3.8) is 0 Å². The normalized spacial score (nSPS) is 14.1. The number of carbonyl (C=O) groups excluding carboxylic acids is 2. The van der Waals surface area contributed by atoms with Crippen LogP contribution < -0.4 is 0 Å². The zero-order valence-electron chi connectivity index (χ0n) is 7.06. The van der Waals surface area contributed by atoms with E-state index in [0.717, 1.165) is 16.3 Å². The highest BCUT2D eigenvalue weighted by atomic mass is 32.2. The van der Waals surface area contributed by atoms with E-state index in [1.165, 1.54) is 0 Å². The van der Waals surface area contributed by atoms with Crippen molar-refractivity contribution in [1.29, 1.82) is 0 Å². The van der Waals surface area contributed by atoms with Gasteiger partial charge in [0.05, 0.1) is 23.1 Å². The van der Waals surface area contributed by atoms with Gasteiger partial charge in [0.1, 0.15) is 0 Å². The third-order valence-electron chi connectivity index (χ3n) is 1.90. The highest BCUT2D eigenvalue weighted by Crippen LogP contribution is 2.27. The van der Waals surface area contributed by atoms with Crippen molar-refractivity contribution in [1.82, 2.24) is 4.31 Å². The molecule has 1 aromatic carbocycles. The van der Waals surface area contributed by atoms with Crippen LogP contribution in [0.15, 0.2) is 24.3 Å². The van der Waals surface area contributed by atoms with Gasteiger partial charge in [0.2, 0.25) is 0 Å². The summed E-state index contributed by atoms with van der Waals surface area (Å²) in [6.45, 7) is 0. The van der Waals surface area contributed by atoms with Crippen LogP contribution in [0.3, 0.4) is 0 Å². The van der Waals surface area contributed by atoms with Crippen molar-refractivity contribution in [3.05, 3.63) is 35.4 Å². The molecule has 1 aliphatic rings. The maximum atomic E-state index is 11.6. The third kappa shape index (κ3) is 1.10. The van der Waals surface area contributed by atoms with Crippen molar-refractivity contribution >= 4 is 23.8 Å². The molecule has 14 heavy (non-hydrogen) atoms. The Kier molecular flexibility index (Phi) is 2.02. The molecule has 0 aliphatic carbocycles. The molecule has 0 radical (unpaired) electrons. The number of benzene rings is 1. The Bertz CT molecular complexity index is 426. The van der Waals surface area contributed by atoms with Gasteiger partial charge in [-0.15, -0.1) is 6.42 Å². The quantitative estimate of drug-likeness (QED) is 0.394. The van der Waals surface area contributed by atoms with Crippen molar-refractivity contribution in [2.24, 2.45) is 0 Å². The van der Waals surface area contributed by atoms with Crippen LogP contribution in [0, 0.1) is 11.7 Å². The molecule has 1 heterocycles. The molecule has 68 valence electrons. The lowest BCUT2D eigenvalue weighted by Gasteiger charge is -2.05. The van der Waals surface area contributed by atoms with E-state index >= 15 is 0 Å². The van der Waals surface area contributed by atoms with E-state index in [2.05, 4.69) is 5.25 Å². The molecule has 2 rings (SSSR count). The van der Waals surface area contributed by atoms with Crippen LogP contribution in [0.25, 0.3) is 0 Å². The van der Waals surface area contributed by atoms with Gasteiger partial charge in [-0.05, 0) is 17.4 Å². The van der Waals surface area contributed by atoms with Gasteiger partial charge in [-0.3, -0.25) is 9.59 Å². The average Bonchev–Trinajstić information content (AvgIpc) is 2.45. The molecule has 1 aromatic rings. The van der Waals surface area contributed by atoms with Gasteiger partial charge in [-0.1, -0.05) is 12.1 Å². The zero-order valence-corrected chi connectivity index (χ0v) is 7.88. The van der Waals surface area contributed by atoms with Crippen molar-refractivity contribution in [2.45, 2.75) is 0 Å². The van der Waals surface area contributed by atoms with E-state index in [4.69, 9.17) is 6.42 Å². The molecule has 0 aromatic heterocycles. The Labute approximate surface area is 85.2 Å². The summed E-state index contributed by atoms with van der Waals surface area (Å²) in [5.74, 6) is -0.679. The molecule has 0 fully saturated rings. The van der Waals surface area contributed by atoms with Crippen LogP contribution in [0.2, 0.25) is 0 Å². The van der Waals surface area contributed by atoms with E-state index < -0.39 is 0 Å². The number of fused-ring (bicyclic) bond motifs is 1. The largest absolute Gasteiger partial charge is 0.272 e. The lowest BCUT2D eigenvalue weighted by atomic mass is 10.1. The van der Waals surface area contributed by atoms with Gasteiger partial charge < -0.3 is 0 Å². The highest BCUT2D eigenvalue weighted by Gasteiger charge is 2.35. The first-order valence-electron chi connectivity index (χ1n) is 3.86. The first-order chi connectivity index (χ1) is 6.75. The van der Waals surface area contributed by atoms with Crippen LogP contribution in [-0.4, -0.2) is 16.1 Å². The van der Waals surface area contributed by atoms with E-state index in [1.807, 2.05) is 0 Å². The van der Waals surface area contributed by atoms with E-state index in [9.17, 15) is 9.59 Å². The maximum Gasteiger partial charge on any atom is 0.272 e. The summed E-state index contributed by atoms with van der Waals surface area (Å²) in [5.41, 5.74) is 0.834. The second-order valence-electron chi connectivity index (χ2n) is 2.66. The summed E-state index contributed by atoms with van der Waals surface area (Å²) in [4.78, 5) is 23.2. The third-order valence-corrected chi connectivity index (χ3v) is 2.52. The fourth-order valence-electron chi connectivity index (χ4n) is 1.30. The maximum absolute atomic E-state index is 11.6. The number of amides is 2. The molecule has 0 atom stereocenters. The molecular weight excluding hydrogens is 198 g/mol. The van der Waals surface area contributed by atoms with Gasteiger partial charge in [-0.2, -0.15) is 0 Å². The van der Waals surface area contributed by atoms with E-state index in [0.29, 0.717) is 11.1 Å². The molecule has 2 amide bonds. The van der Waals surface area contributed by atoms with Crippen molar-refractivity contribution in [3.8, 4) is 11.7 Å². The number of hydrogen-bond acceptors (Lipinski definition) is 3. The number of hydrogen-bond donors (Lipinski definition) is 0. The minimum Gasteiger partial charge on any atom is -0.268 e. The molecule has 0 spiro atoms. The minimum atomic E-state index is -0.339. The van der Waals surface area contributed by atoms with E-state index in [-0.39, 0.29) is 11.8 Å². The smallest absolute Gasteiger partial charge is 0.268 e. The first kappa shape index (κ1) is 8.85. The predicted molar refractivity (Wildman–Crippen MR) is 53.4 cm³/mol. The monoisotopic (exact) mass is 203 g/mol. The summed E-state index contributed by atoms with van der Waals surface area (Å²) in [6, 6.07) is 6.67. The van der Waals surface area contributed by atoms with Crippen LogP contribution >= 0.6 is 11.9 Å². The number of terminal acetylenes is 1. The zero-order chi connectivity index (χ0) is 10.1. The van der Waals surface area contributed by atoms with Gasteiger partial charge >= 0.3 is 0 Å². The first-order valence-corrected chi connectivity index (χ1v) is 4.63. The van der Waals surface area contributed by atoms with Crippen molar-refractivity contribution in [2.75, 3.05) is 0 Å². The Morgan fingerprint density at radius 1 is 1.14 bits per heavy atom. The standard InChI is InChI=1S/C10H5NO2S/c1-2-14-11-9(12)7-5-3-4-6-8(7)10(11)13/h1,3-6H. The molecule has 0 unspecified atom stereocenters. The fourth-order valence-corrected chi connectivity index (χ4v) is 1.77. The predicted octanol–water partition coefficient (Wildman–Crippen LogP) is 1.52. The molecular formula is C10H5NO2S. The molecule has 3 nitrogen and oxygen atoms in total. The Hall–Kier alpha value is -1.73. The highest BCUT2D eigenvalue weighted by molar-refractivity contribution is 8.02. The minimum absolute atomic E-state index is 0.339. The van der Waals surface area contributed by atoms with Crippen LogP contribution in [0.4, 0.5) is 0 Å². The molecule has 0 saturated carbocycles. The lowest BCUT2D eigenvalue weighted by Crippen LogP contribution is -2.21. The molecule has 1 aliphatic heterocycles. The summed E-state index contributed by atoms with van der Waals surface area (Å²) in [5, 5.41) is 2.21. The second-order valence-corrected chi connectivity index (χ2v) is 3.44. The van der Waals surface area contributed by atoms with Crippen LogP contribution in [-0.2, 0) is 0 Å². The van der Waals surface area contributed by atoms with Gasteiger partial charge in [0.15, 0.2) is 0 Å². The topological polar surface area (TPSA) is 37.4 Å². The molecule has 4 heteroatoms. The summed E-state index contributed by atoms with van der Waals surface area (Å²) >= 11 is 0.774. The molecule has 0 bridgehead atoms. The van der Waals surface area contributed by atoms with E-state index in [1.54, 1.807) is 24.3 Å². The summed E-state index contributed by atoms with van der Waals surface area (Å²) in [7, 11) is 0. The number of nitrogens with zero attached hydrogens (tertiary/aromatic N) is 1. The van der Waals surface area contributed by atoms with Crippen LogP contribution in [0.1, 0.15) is 20.7 Å². The Morgan fingerprint density at radius 2 is 1.64 bits per heavy atom. The van der Waals surface area contributed by atoms with Gasteiger partial charge in [-0.25, -0.2) is 4.31 Å². The Morgan fingerprint density at radius 3 is 2.07 bits per heavy atom. The number of imide groups is 1. The number of carbonyl (C=O) groups is 2. The SMILES string of the molecule is C#CSN1C(=O)c2ccccc2C1=O. The summed E-state index contributed by atoms with van der Waals surface area (Å²) in [6.07, 6.45) is 5.03. The summed E-state index contributed by atoms with van der Waals surface area (Å²) < 4.78 is 0.991. The molecule has 0 saturated heterocycles. The fraction of sp³-hybridized carbons (Fsp3) is 0. The number of rotatable bonds is 1. The van der Waals surface area contributed by atoms with Crippen LogP contribution in [0.5, 0.6) is 0 Å². The second kappa shape index (κ2) is 3.20. The molecule has 0 N–H and O–H groups in total. The lowest BCUT2D eigenvalue weighted by molar-refractivity contribution is 0.0778. The van der Waals surface area contributed by atoms with Gasteiger partial charge in [0, 0.05) is 0 Å².